The van der Waals surface area contributed by atoms with Gasteiger partial charge in [0.05, 0.1) is 38.3 Å². The van der Waals surface area contributed by atoms with Gasteiger partial charge in [0.1, 0.15) is 0 Å². The van der Waals surface area contributed by atoms with Crippen LogP contribution in [0, 0.1) is 6.92 Å². The van der Waals surface area contributed by atoms with E-state index in [9.17, 15) is 18.0 Å². The number of furan rings is 1. The van der Waals surface area contributed by atoms with Crippen LogP contribution in [0.2, 0.25) is 0 Å². The third-order valence-electron chi connectivity index (χ3n) is 3.55. The van der Waals surface area contributed by atoms with Crippen molar-refractivity contribution in [1.82, 2.24) is 0 Å². The Bertz CT molecular complexity index is 915. The molecule has 1 heterocycles. The average Bonchev–Trinajstić information content (AvgIpc) is 3.03. The highest BCUT2D eigenvalue weighted by Crippen LogP contribution is 2.22. The Morgan fingerprint density at radius 1 is 1.12 bits per heavy atom. The standard InChI is InChI=1S/C17H19NO7S/c1-11-4-5-14(13(8-11)9-15(19)23-2)18-26(21,22)10-12-6-7-25-16(12)17(20)24-3/h4-8,18H,9-10H2,1-3H3. The second-order valence-corrected chi connectivity index (χ2v) is 7.26. The van der Waals surface area contributed by atoms with Gasteiger partial charge in [-0.25, -0.2) is 13.2 Å². The summed E-state index contributed by atoms with van der Waals surface area (Å²) in [5, 5.41) is 0. The molecule has 1 N–H and O–H groups in total. The Kier molecular flexibility index (Phi) is 6.04. The lowest BCUT2D eigenvalue weighted by Gasteiger charge is -2.13. The molecule has 9 heteroatoms. The van der Waals surface area contributed by atoms with Crippen LogP contribution in [-0.2, 0) is 36.5 Å². The highest BCUT2D eigenvalue weighted by Gasteiger charge is 2.22. The van der Waals surface area contributed by atoms with Crippen LogP contribution in [0.3, 0.4) is 0 Å². The summed E-state index contributed by atoms with van der Waals surface area (Å²) in [6.07, 6.45) is 1.14. The summed E-state index contributed by atoms with van der Waals surface area (Å²) in [5.74, 6) is -1.91. The van der Waals surface area contributed by atoms with Crippen molar-refractivity contribution >= 4 is 27.6 Å². The van der Waals surface area contributed by atoms with Crippen molar-refractivity contribution in [1.29, 1.82) is 0 Å². The van der Waals surface area contributed by atoms with E-state index in [4.69, 9.17) is 4.42 Å². The predicted molar refractivity (Wildman–Crippen MR) is 93.2 cm³/mol. The van der Waals surface area contributed by atoms with E-state index in [0.29, 0.717) is 5.56 Å². The topological polar surface area (TPSA) is 112 Å². The third-order valence-corrected chi connectivity index (χ3v) is 4.77. The molecule has 2 aromatic rings. The Morgan fingerprint density at radius 2 is 1.85 bits per heavy atom. The van der Waals surface area contributed by atoms with Gasteiger partial charge in [-0.1, -0.05) is 17.7 Å². The minimum absolute atomic E-state index is 0.0743. The zero-order chi connectivity index (χ0) is 19.3. The zero-order valence-electron chi connectivity index (χ0n) is 14.6. The van der Waals surface area contributed by atoms with Crippen molar-refractivity contribution in [2.45, 2.75) is 19.1 Å². The van der Waals surface area contributed by atoms with Gasteiger partial charge in [-0.2, -0.15) is 0 Å². The van der Waals surface area contributed by atoms with Gasteiger partial charge < -0.3 is 13.9 Å². The normalized spacial score (nSPS) is 11.0. The molecule has 0 fully saturated rings. The Labute approximate surface area is 151 Å². The number of hydrogen-bond donors (Lipinski definition) is 1. The average molecular weight is 381 g/mol. The monoisotopic (exact) mass is 381 g/mol. The molecule has 2 rings (SSSR count). The number of esters is 2. The summed E-state index contributed by atoms with van der Waals surface area (Å²) < 4.78 is 41.6. The minimum atomic E-state index is -3.87. The number of hydrogen-bond acceptors (Lipinski definition) is 7. The van der Waals surface area contributed by atoms with Gasteiger partial charge in [0.25, 0.3) is 0 Å². The molecule has 0 radical (unpaired) electrons. The summed E-state index contributed by atoms with van der Waals surface area (Å²) in [4.78, 5) is 23.2. The summed E-state index contributed by atoms with van der Waals surface area (Å²) in [5.41, 5.74) is 1.80. The smallest absolute Gasteiger partial charge is 0.374 e. The van der Waals surface area contributed by atoms with E-state index in [1.807, 2.05) is 6.92 Å². The molecule has 1 aromatic heterocycles. The van der Waals surface area contributed by atoms with Crippen LogP contribution in [-0.4, -0.2) is 34.6 Å². The van der Waals surface area contributed by atoms with E-state index in [-0.39, 0.29) is 23.4 Å². The van der Waals surface area contributed by atoms with Crippen molar-refractivity contribution in [3.63, 3.8) is 0 Å². The van der Waals surface area contributed by atoms with E-state index in [2.05, 4.69) is 14.2 Å². The van der Waals surface area contributed by atoms with Crippen LogP contribution in [0.25, 0.3) is 0 Å². The molecule has 0 unspecified atom stereocenters. The maximum absolute atomic E-state index is 12.5. The number of aryl methyl sites for hydroxylation is 1. The number of benzene rings is 1. The molecule has 0 amide bonds. The molecule has 0 atom stereocenters. The lowest BCUT2D eigenvalue weighted by molar-refractivity contribution is -0.139. The zero-order valence-corrected chi connectivity index (χ0v) is 15.4. The first kappa shape index (κ1) is 19.5. The molecule has 26 heavy (non-hydrogen) atoms. The van der Waals surface area contributed by atoms with E-state index in [0.717, 1.165) is 5.56 Å². The summed E-state index contributed by atoms with van der Waals surface area (Å²) >= 11 is 0. The molecule has 1 aromatic carbocycles. The van der Waals surface area contributed by atoms with Crippen molar-refractivity contribution in [2.75, 3.05) is 18.9 Å². The highest BCUT2D eigenvalue weighted by atomic mass is 32.2. The molecular weight excluding hydrogens is 362 g/mol. The van der Waals surface area contributed by atoms with E-state index in [1.165, 1.54) is 26.5 Å². The molecule has 8 nitrogen and oxygen atoms in total. The molecule has 0 bridgehead atoms. The molecular formula is C17H19NO7S. The maximum atomic E-state index is 12.5. The molecule has 0 spiro atoms. The van der Waals surface area contributed by atoms with Crippen molar-refractivity contribution in [3.05, 3.63) is 53.0 Å². The van der Waals surface area contributed by atoms with Crippen LogP contribution < -0.4 is 4.72 Å². The number of anilines is 1. The largest absolute Gasteiger partial charge is 0.469 e. The van der Waals surface area contributed by atoms with Crippen LogP contribution in [0.15, 0.2) is 34.9 Å². The van der Waals surface area contributed by atoms with Gasteiger partial charge in [-0.05, 0) is 24.6 Å². The Morgan fingerprint density at radius 3 is 2.50 bits per heavy atom. The van der Waals surface area contributed by atoms with Crippen LogP contribution in [0.1, 0.15) is 27.2 Å². The van der Waals surface area contributed by atoms with Gasteiger partial charge in [0.2, 0.25) is 15.8 Å². The van der Waals surface area contributed by atoms with Gasteiger partial charge >= 0.3 is 11.9 Å². The van der Waals surface area contributed by atoms with Crippen molar-refractivity contribution in [3.8, 4) is 0 Å². The van der Waals surface area contributed by atoms with Gasteiger partial charge in [0, 0.05) is 5.56 Å². The van der Waals surface area contributed by atoms with Gasteiger partial charge in [0.15, 0.2) is 0 Å². The number of carbonyl (C=O) groups excluding carboxylic acids is 2. The molecule has 0 aliphatic carbocycles. The molecule has 0 aliphatic heterocycles. The number of nitrogens with one attached hydrogen (secondary N) is 1. The van der Waals surface area contributed by atoms with Crippen molar-refractivity contribution < 1.29 is 31.9 Å². The summed E-state index contributed by atoms with van der Waals surface area (Å²) in [6.45, 7) is 1.83. The van der Waals surface area contributed by atoms with Crippen molar-refractivity contribution in [2.24, 2.45) is 0 Å². The second kappa shape index (κ2) is 8.05. The SMILES string of the molecule is COC(=O)Cc1cc(C)ccc1NS(=O)(=O)Cc1ccoc1C(=O)OC. The maximum Gasteiger partial charge on any atom is 0.374 e. The quantitative estimate of drug-likeness (QED) is 0.730. The Balaban J connectivity index is 2.26. The molecule has 0 saturated heterocycles. The second-order valence-electron chi connectivity index (χ2n) is 5.54. The number of ether oxygens (including phenoxy) is 2. The summed E-state index contributed by atoms with van der Waals surface area (Å²) in [6, 6.07) is 6.38. The lowest BCUT2D eigenvalue weighted by Crippen LogP contribution is -2.18. The van der Waals surface area contributed by atoms with Crippen LogP contribution in [0.4, 0.5) is 5.69 Å². The van der Waals surface area contributed by atoms with E-state index < -0.39 is 27.7 Å². The number of sulfonamides is 1. The van der Waals surface area contributed by atoms with E-state index >= 15 is 0 Å². The molecule has 0 saturated carbocycles. The summed E-state index contributed by atoms with van der Waals surface area (Å²) in [7, 11) is -1.44. The first-order chi connectivity index (χ1) is 12.3. The van der Waals surface area contributed by atoms with Crippen LogP contribution in [0.5, 0.6) is 0 Å². The molecule has 140 valence electrons. The van der Waals surface area contributed by atoms with Gasteiger partial charge in [-0.15, -0.1) is 0 Å². The minimum Gasteiger partial charge on any atom is -0.469 e. The Hall–Kier alpha value is -2.81. The number of carbonyl (C=O) groups is 2. The first-order valence-electron chi connectivity index (χ1n) is 7.57. The number of methoxy groups -OCH3 is 2. The van der Waals surface area contributed by atoms with Crippen LogP contribution >= 0.6 is 0 Å². The number of rotatable bonds is 7. The predicted octanol–water partition coefficient (Wildman–Crippen LogP) is 2.03. The van der Waals surface area contributed by atoms with Gasteiger partial charge in [-0.3, -0.25) is 9.52 Å². The van der Waals surface area contributed by atoms with E-state index in [1.54, 1.807) is 18.2 Å². The first-order valence-corrected chi connectivity index (χ1v) is 9.22. The highest BCUT2D eigenvalue weighted by molar-refractivity contribution is 7.91. The lowest BCUT2D eigenvalue weighted by atomic mass is 10.1. The third kappa shape index (κ3) is 4.85. The molecule has 0 aliphatic rings. The fraction of sp³-hybridized carbons (Fsp3) is 0.294. The fourth-order valence-electron chi connectivity index (χ4n) is 2.33. The fourth-order valence-corrected chi connectivity index (χ4v) is 3.57.